The zero-order chi connectivity index (χ0) is 26.9. The third-order valence-electron chi connectivity index (χ3n) is 6.76. The lowest BCUT2D eigenvalue weighted by Gasteiger charge is -2.26. The largest absolute Gasteiger partial charge is 0.489 e. The van der Waals surface area contributed by atoms with Crippen molar-refractivity contribution in [3.05, 3.63) is 141 Å². The first-order valence-electron chi connectivity index (χ1n) is 12.3. The van der Waals surface area contributed by atoms with Gasteiger partial charge in [-0.2, -0.15) is 5.10 Å². The Balaban J connectivity index is 1.34. The number of aromatic nitrogens is 2. The number of carbonyl (C=O) groups excluding carboxylic acids is 1. The third-order valence-corrected chi connectivity index (χ3v) is 7.27. The second-order valence-electron chi connectivity index (χ2n) is 9.31. The maximum absolute atomic E-state index is 13.6. The molecule has 1 aliphatic rings. The smallest absolute Gasteiger partial charge is 0.273 e. The highest BCUT2D eigenvalue weighted by Crippen LogP contribution is 2.44. The lowest BCUT2D eigenvalue weighted by atomic mass is 9.96. The number of aromatic amines is 1. The Kier molecular flexibility index (Phi) is 6.81. The molecule has 1 aliphatic heterocycles. The van der Waals surface area contributed by atoms with Crippen molar-refractivity contribution in [2.24, 2.45) is 0 Å². The summed E-state index contributed by atoms with van der Waals surface area (Å²) in [5.41, 5.74) is 5.50. The molecule has 0 aliphatic carbocycles. The molecule has 1 amide bonds. The normalized spacial score (nSPS) is 14.5. The van der Waals surface area contributed by atoms with Crippen LogP contribution in [0.2, 0.25) is 10.0 Å². The van der Waals surface area contributed by atoms with E-state index in [4.69, 9.17) is 27.9 Å². The van der Waals surface area contributed by atoms with Gasteiger partial charge in [-0.25, -0.2) is 4.39 Å². The monoisotopic (exact) mass is 557 g/mol. The number of amides is 1. The molecule has 194 valence electrons. The van der Waals surface area contributed by atoms with Gasteiger partial charge in [0.2, 0.25) is 0 Å². The Labute approximate surface area is 234 Å². The summed E-state index contributed by atoms with van der Waals surface area (Å²) in [6, 6.07) is 28.4. The Hall–Kier alpha value is -4.13. The minimum absolute atomic E-state index is 0.171. The number of nitrogens with zero attached hydrogens (tertiary/aromatic N) is 2. The molecule has 0 spiro atoms. The summed E-state index contributed by atoms with van der Waals surface area (Å²) in [5, 5.41) is 8.76. The van der Waals surface area contributed by atoms with Crippen LogP contribution < -0.4 is 4.74 Å². The molecule has 6 rings (SSSR count). The molecule has 1 aromatic heterocycles. The Morgan fingerprint density at radius 2 is 1.44 bits per heavy atom. The highest BCUT2D eigenvalue weighted by Gasteiger charge is 2.42. The molecule has 4 aromatic carbocycles. The van der Waals surface area contributed by atoms with Crippen LogP contribution in [-0.4, -0.2) is 21.0 Å². The van der Waals surface area contributed by atoms with Crippen molar-refractivity contribution in [2.75, 3.05) is 0 Å². The minimum Gasteiger partial charge on any atom is -0.489 e. The van der Waals surface area contributed by atoms with Crippen LogP contribution in [0, 0.1) is 5.82 Å². The summed E-state index contributed by atoms with van der Waals surface area (Å²) in [6.07, 6.45) is 0. The zero-order valence-electron chi connectivity index (χ0n) is 20.6. The zero-order valence-corrected chi connectivity index (χ0v) is 22.1. The van der Waals surface area contributed by atoms with E-state index in [1.807, 2.05) is 60.7 Å². The number of halogens is 3. The molecule has 1 atom stereocenters. The van der Waals surface area contributed by atoms with E-state index in [1.165, 1.54) is 12.1 Å². The van der Waals surface area contributed by atoms with Crippen molar-refractivity contribution in [3.8, 4) is 17.0 Å². The summed E-state index contributed by atoms with van der Waals surface area (Å²) in [4.78, 5) is 15.4. The summed E-state index contributed by atoms with van der Waals surface area (Å²) < 4.78 is 19.5. The molecule has 0 radical (unpaired) electrons. The quantitative estimate of drug-likeness (QED) is 0.221. The summed E-state index contributed by atoms with van der Waals surface area (Å²) in [5.74, 6) is 0.209. The number of ether oxygens (including phenoxy) is 1. The molecule has 1 N–H and O–H groups in total. The number of benzene rings is 4. The molecule has 1 unspecified atom stereocenters. The highest BCUT2D eigenvalue weighted by atomic mass is 35.5. The van der Waals surface area contributed by atoms with E-state index >= 15 is 0 Å². The predicted molar refractivity (Wildman–Crippen MR) is 149 cm³/mol. The van der Waals surface area contributed by atoms with Crippen LogP contribution in [-0.2, 0) is 13.2 Å². The first-order chi connectivity index (χ1) is 19.0. The first-order valence-corrected chi connectivity index (χ1v) is 13.1. The van der Waals surface area contributed by atoms with Crippen LogP contribution >= 0.6 is 23.2 Å². The SMILES string of the molecule is O=C1c2[nH]nc(-c3ccc(Cl)cc3)c2C(c2ccc(OCc3ccc(Cl)cc3)cc2)N1Cc1ccc(F)cc1. The fourth-order valence-electron chi connectivity index (χ4n) is 4.81. The Morgan fingerprint density at radius 1 is 0.821 bits per heavy atom. The van der Waals surface area contributed by atoms with Gasteiger partial charge in [-0.05, 0) is 65.2 Å². The maximum atomic E-state index is 13.6. The van der Waals surface area contributed by atoms with Gasteiger partial charge in [-0.1, -0.05) is 71.7 Å². The molecule has 0 saturated heterocycles. The molecular weight excluding hydrogens is 536 g/mol. The van der Waals surface area contributed by atoms with Gasteiger partial charge in [-0.3, -0.25) is 9.89 Å². The van der Waals surface area contributed by atoms with Gasteiger partial charge < -0.3 is 9.64 Å². The summed E-state index contributed by atoms with van der Waals surface area (Å²) in [7, 11) is 0. The predicted octanol–water partition coefficient (Wildman–Crippen LogP) is 7.85. The minimum atomic E-state index is -0.410. The Bertz CT molecular complexity index is 1620. The van der Waals surface area contributed by atoms with E-state index in [0.717, 1.165) is 27.8 Å². The number of hydrogen-bond donors (Lipinski definition) is 1. The van der Waals surface area contributed by atoms with Crippen molar-refractivity contribution in [3.63, 3.8) is 0 Å². The molecule has 5 nitrogen and oxygen atoms in total. The van der Waals surface area contributed by atoms with E-state index in [1.54, 1.807) is 29.2 Å². The molecular formula is C31H22Cl2FN3O2. The second-order valence-corrected chi connectivity index (χ2v) is 10.2. The van der Waals surface area contributed by atoms with E-state index in [2.05, 4.69) is 10.2 Å². The van der Waals surface area contributed by atoms with Crippen LogP contribution in [0.25, 0.3) is 11.3 Å². The van der Waals surface area contributed by atoms with Gasteiger partial charge >= 0.3 is 0 Å². The van der Waals surface area contributed by atoms with Crippen LogP contribution in [0.15, 0.2) is 97.1 Å². The van der Waals surface area contributed by atoms with Gasteiger partial charge in [0.25, 0.3) is 5.91 Å². The lowest BCUT2D eigenvalue weighted by molar-refractivity contribution is 0.0730. The lowest BCUT2D eigenvalue weighted by Crippen LogP contribution is -2.29. The van der Waals surface area contributed by atoms with E-state index in [-0.39, 0.29) is 11.7 Å². The van der Waals surface area contributed by atoms with Crippen molar-refractivity contribution in [2.45, 2.75) is 19.2 Å². The average Bonchev–Trinajstić information content (AvgIpc) is 3.49. The molecule has 2 heterocycles. The number of fused-ring (bicyclic) bond motifs is 1. The summed E-state index contributed by atoms with van der Waals surface area (Å²) in [6.45, 7) is 0.711. The third kappa shape index (κ3) is 5.13. The van der Waals surface area contributed by atoms with Gasteiger partial charge in [0.1, 0.15) is 23.9 Å². The number of nitrogens with one attached hydrogen (secondary N) is 1. The Morgan fingerprint density at radius 3 is 2.10 bits per heavy atom. The molecule has 0 bridgehead atoms. The molecule has 0 saturated carbocycles. The van der Waals surface area contributed by atoms with Crippen molar-refractivity contribution in [1.29, 1.82) is 0 Å². The van der Waals surface area contributed by atoms with Gasteiger partial charge in [0, 0.05) is 27.7 Å². The summed E-state index contributed by atoms with van der Waals surface area (Å²) >= 11 is 12.1. The number of hydrogen-bond acceptors (Lipinski definition) is 3. The van der Waals surface area contributed by atoms with Gasteiger partial charge in [-0.15, -0.1) is 0 Å². The fraction of sp³-hybridized carbons (Fsp3) is 0.0968. The van der Waals surface area contributed by atoms with Crippen LogP contribution in [0.5, 0.6) is 5.75 Å². The van der Waals surface area contributed by atoms with E-state index in [0.29, 0.717) is 40.3 Å². The number of H-pyrrole nitrogens is 1. The highest BCUT2D eigenvalue weighted by molar-refractivity contribution is 6.30. The van der Waals surface area contributed by atoms with Crippen LogP contribution in [0.1, 0.15) is 38.8 Å². The fourth-order valence-corrected chi connectivity index (χ4v) is 5.07. The molecule has 8 heteroatoms. The molecule has 5 aromatic rings. The number of carbonyl (C=O) groups is 1. The van der Waals surface area contributed by atoms with E-state index in [9.17, 15) is 9.18 Å². The van der Waals surface area contributed by atoms with Gasteiger partial charge in [0.05, 0.1) is 11.7 Å². The van der Waals surface area contributed by atoms with Crippen molar-refractivity contribution >= 4 is 29.1 Å². The average molecular weight is 558 g/mol. The van der Waals surface area contributed by atoms with Crippen molar-refractivity contribution < 1.29 is 13.9 Å². The number of rotatable bonds is 7. The molecule has 0 fully saturated rings. The second kappa shape index (κ2) is 10.6. The topological polar surface area (TPSA) is 58.2 Å². The van der Waals surface area contributed by atoms with Crippen LogP contribution in [0.3, 0.4) is 0 Å². The van der Waals surface area contributed by atoms with Crippen LogP contribution in [0.4, 0.5) is 4.39 Å². The first kappa shape index (κ1) is 25.2. The van der Waals surface area contributed by atoms with Crippen molar-refractivity contribution in [1.82, 2.24) is 15.1 Å². The van der Waals surface area contributed by atoms with Gasteiger partial charge in [0.15, 0.2) is 0 Å². The standard InChI is InChI=1S/C31H22Cl2FN3O2/c32-23-9-1-20(2-10-23)18-39-26-15-7-22(8-16-26)30-27-28(21-5-11-24(33)12-6-21)35-36-29(27)31(38)37(30)17-19-3-13-25(34)14-4-19/h1-16,30H,17-18H2,(H,35,36). The maximum Gasteiger partial charge on any atom is 0.273 e. The van der Waals surface area contributed by atoms with E-state index < -0.39 is 6.04 Å². The molecule has 39 heavy (non-hydrogen) atoms.